The van der Waals surface area contributed by atoms with Gasteiger partial charge in [0.1, 0.15) is 0 Å². The van der Waals surface area contributed by atoms with Crippen molar-refractivity contribution in [2.45, 2.75) is 57.2 Å². The monoisotopic (exact) mass is 348 g/mol. The van der Waals surface area contributed by atoms with Gasteiger partial charge < -0.3 is 5.32 Å². The van der Waals surface area contributed by atoms with Crippen LogP contribution < -0.4 is 5.32 Å². The van der Waals surface area contributed by atoms with Gasteiger partial charge in [0.2, 0.25) is 0 Å². The third-order valence-electron chi connectivity index (χ3n) is 6.29. The molecule has 0 amide bonds. The van der Waals surface area contributed by atoms with Gasteiger partial charge in [-0.2, -0.15) is 0 Å². The third kappa shape index (κ3) is 4.55. The first-order valence-electron chi connectivity index (χ1n) is 10.4. The maximum absolute atomic E-state index is 3.89. The minimum absolute atomic E-state index is 0.556. The summed E-state index contributed by atoms with van der Waals surface area (Å²) in [6, 6.07) is 23.2. The molecule has 1 saturated heterocycles. The van der Waals surface area contributed by atoms with Crippen molar-refractivity contribution in [1.29, 1.82) is 0 Å². The lowest BCUT2D eigenvalue weighted by molar-refractivity contribution is 0.0653. The van der Waals surface area contributed by atoms with Crippen LogP contribution >= 0.6 is 0 Å². The highest BCUT2D eigenvalue weighted by molar-refractivity contribution is 5.17. The summed E-state index contributed by atoms with van der Waals surface area (Å²) in [5.74, 6) is 0.873. The average molecular weight is 349 g/mol. The highest BCUT2D eigenvalue weighted by Crippen LogP contribution is 2.31. The molecule has 138 valence electrons. The number of hydrogen-bond donors (Lipinski definition) is 1. The molecule has 2 aliphatic rings. The summed E-state index contributed by atoms with van der Waals surface area (Å²) in [6.07, 6.45) is 8.25. The molecule has 1 saturated carbocycles. The molecule has 2 nitrogen and oxygen atoms in total. The lowest BCUT2D eigenvalue weighted by Gasteiger charge is -2.45. The molecule has 0 bridgehead atoms. The maximum Gasteiger partial charge on any atom is 0.0253 e. The zero-order valence-electron chi connectivity index (χ0n) is 15.8. The summed E-state index contributed by atoms with van der Waals surface area (Å²) in [5.41, 5.74) is 2.90. The van der Waals surface area contributed by atoms with Crippen LogP contribution in [0.4, 0.5) is 0 Å². The van der Waals surface area contributed by atoms with Crippen molar-refractivity contribution in [2.24, 2.45) is 5.92 Å². The van der Waals surface area contributed by atoms with Crippen LogP contribution in [-0.2, 0) is 13.0 Å². The molecule has 2 unspecified atom stereocenters. The molecule has 2 atom stereocenters. The van der Waals surface area contributed by atoms with Gasteiger partial charge in [-0.15, -0.1) is 0 Å². The lowest BCUT2D eigenvalue weighted by Crippen LogP contribution is -2.59. The van der Waals surface area contributed by atoms with E-state index in [1.807, 2.05) is 0 Å². The number of benzene rings is 2. The Labute approximate surface area is 158 Å². The van der Waals surface area contributed by atoms with Crippen molar-refractivity contribution in [3.63, 3.8) is 0 Å². The number of nitrogens with one attached hydrogen (secondary N) is 1. The van der Waals surface area contributed by atoms with Crippen molar-refractivity contribution < 1.29 is 0 Å². The Hall–Kier alpha value is -1.64. The van der Waals surface area contributed by atoms with Gasteiger partial charge in [0.05, 0.1) is 0 Å². The molecule has 26 heavy (non-hydrogen) atoms. The van der Waals surface area contributed by atoms with E-state index in [0.29, 0.717) is 12.1 Å². The predicted octanol–water partition coefficient (Wildman–Crippen LogP) is 4.65. The number of rotatable bonds is 5. The highest BCUT2D eigenvalue weighted by Gasteiger charge is 2.33. The van der Waals surface area contributed by atoms with Crippen LogP contribution in [0.5, 0.6) is 0 Å². The zero-order valence-corrected chi connectivity index (χ0v) is 15.8. The average Bonchev–Trinajstić information content (AvgIpc) is 2.70. The van der Waals surface area contributed by atoms with Gasteiger partial charge in [-0.1, -0.05) is 79.9 Å². The van der Waals surface area contributed by atoms with E-state index in [1.54, 1.807) is 0 Å². The van der Waals surface area contributed by atoms with E-state index < -0.39 is 0 Å². The molecule has 1 heterocycles. The van der Waals surface area contributed by atoms with Gasteiger partial charge in [-0.3, -0.25) is 4.90 Å². The molecule has 2 aromatic carbocycles. The van der Waals surface area contributed by atoms with Gasteiger partial charge in [0.15, 0.2) is 0 Å². The van der Waals surface area contributed by atoms with Crippen LogP contribution in [0.15, 0.2) is 60.7 Å². The second-order valence-corrected chi connectivity index (χ2v) is 8.18. The van der Waals surface area contributed by atoms with Crippen molar-refractivity contribution in [1.82, 2.24) is 10.2 Å². The third-order valence-corrected chi connectivity index (χ3v) is 6.29. The van der Waals surface area contributed by atoms with Crippen molar-refractivity contribution in [3.05, 3.63) is 71.8 Å². The van der Waals surface area contributed by atoms with Gasteiger partial charge in [0, 0.05) is 31.7 Å². The molecular formula is C24H32N2. The predicted molar refractivity (Wildman–Crippen MR) is 109 cm³/mol. The summed E-state index contributed by atoms with van der Waals surface area (Å²) in [6.45, 7) is 3.40. The Balaban J connectivity index is 1.46. The molecule has 0 spiro atoms. The van der Waals surface area contributed by atoms with E-state index >= 15 is 0 Å². The van der Waals surface area contributed by atoms with Crippen LogP contribution in [0.3, 0.4) is 0 Å². The number of hydrogen-bond acceptors (Lipinski definition) is 2. The van der Waals surface area contributed by atoms with Crippen LogP contribution in [0.1, 0.15) is 43.2 Å². The zero-order chi connectivity index (χ0) is 17.6. The normalized spacial score (nSPS) is 25.2. The quantitative estimate of drug-likeness (QED) is 0.846. The van der Waals surface area contributed by atoms with Gasteiger partial charge in [-0.25, -0.2) is 0 Å². The molecule has 1 N–H and O–H groups in total. The smallest absolute Gasteiger partial charge is 0.0253 e. The van der Waals surface area contributed by atoms with Crippen LogP contribution in [-0.4, -0.2) is 30.1 Å². The molecule has 1 aliphatic carbocycles. The standard InChI is InChI=1S/C24H32N2/c1-4-10-20(11-5-1)16-23-19-26(18-21-12-6-2-7-13-21)24(17-25-23)22-14-8-3-9-15-22/h1-2,4-7,10-13,22-25H,3,8-9,14-19H2. The fourth-order valence-corrected chi connectivity index (χ4v) is 4.92. The fraction of sp³-hybridized carbons (Fsp3) is 0.500. The van der Waals surface area contributed by atoms with Crippen molar-refractivity contribution >= 4 is 0 Å². The van der Waals surface area contributed by atoms with E-state index in [1.165, 1.54) is 43.2 Å². The first-order chi connectivity index (χ1) is 12.9. The second kappa shape index (κ2) is 8.83. The Kier molecular flexibility index (Phi) is 6.03. The van der Waals surface area contributed by atoms with Crippen LogP contribution in [0, 0.1) is 5.92 Å². The van der Waals surface area contributed by atoms with Crippen LogP contribution in [0.2, 0.25) is 0 Å². The topological polar surface area (TPSA) is 15.3 Å². The Morgan fingerprint density at radius 3 is 2.15 bits per heavy atom. The molecule has 1 aliphatic heterocycles. The first-order valence-corrected chi connectivity index (χ1v) is 10.4. The molecule has 2 heteroatoms. The summed E-state index contributed by atoms with van der Waals surface area (Å²) in [4.78, 5) is 2.79. The Morgan fingerprint density at radius 2 is 1.46 bits per heavy atom. The molecule has 2 aromatic rings. The minimum atomic E-state index is 0.556. The van der Waals surface area contributed by atoms with E-state index in [9.17, 15) is 0 Å². The van der Waals surface area contributed by atoms with Crippen LogP contribution in [0.25, 0.3) is 0 Å². The number of piperazine rings is 1. The van der Waals surface area contributed by atoms with Crippen molar-refractivity contribution in [2.75, 3.05) is 13.1 Å². The van der Waals surface area contributed by atoms with E-state index in [4.69, 9.17) is 0 Å². The summed E-state index contributed by atoms with van der Waals surface area (Å²) >= 11 is 0. The second-order valence-electron chi connectivity index (χ2n) is 8.18. The van der Waals surface area contributed by atoms with Gasteiger partial charge >= 0.3 is 0 Å². The van der Waals surface area contributed by atoms with Crippen molar-refractivity contribution in [3.8, 4) is 0 Å². The highest BCUT2D eigenvalue weighted by atomic mass is 15.2. The Bertz CT molecular complexity index is 648. The van der Waals surface area contributed by atoms with Gasteiger partial charge in [-0.05, 0) is 36.3 Å². The molecule has 0 aromatic heterocycles. The summed E-state index contributed by atoms with van der Waals surface area (Å²) < 4.78 is 0. The maximum atomic E-state index is 3.89. The number of nitrogens with zero attached hydrogens (tertiary/aromatic N) is 1. The first kappa shape index (κ1) is 17.8. The summed E-state index contributed by atoms with van der Waals surface area (Å²) in [7, 11) is 0. The van der Waals surface area contributed by atoms with Gasteiger partial charge in [0.25, 0.3) is 0 Å². The van der Waals surface area contributed by atoms with E-state index in [2.05, 4.69) is 70.9 Å². The molecule has 0 radical (unpaired) electrons. The lowest BCUT2D eigenvalue weighted by atomic mass is 9.81. The summed E-state index contributed by atoms with van der Waals surface area (Å²) in [5, 5.41) is 3.89. The van der Waals surface area contributed by atoms with E-state index in [-0.39, 0.29) is 0 Å². The minimum Gasteiger partial charge on any atom is -0.311 e. The Morgan fingerprint density at radius 1 is 0.808 bits per heavy atom. The fourth-order valence-electron chi connectivity index (χ4n) is 4.92. The largest absolute Gasteiger partial charge is 0.311 e. The molecule has 4 rings (SSSR count). The SMILES string of the molecule is c1ccc(CC2CN(Cc3ccccc3)C(C3CCCCC3)CN2)cc1. The molecular weight excluding hydrogens is 316 g/mol. The van der Waals surface area contributed by atoms with E-state index in [0.717, 1.165) is 32.0 Å². The molecule has 2 fully saturated rings.